The van der Waals surface area contributed by atoms with E-state index in [1.54, 1.807) is 12.1 Å². The Kier molecular flexibility index (Phi) is 4.48. The van der Waals surface area contributed by atoms with Gasteiger partial charge in [0, 0.05) is 16.0 Å². The minimum absolute atomic E-state index is 0.100. The van der Waals surface area contributed by atoms with E-state index in [9.17, 15) is 14.7 Å². The molecule has 96 valence electrons. The highest BCUT2D eigenvalue weighted by atomic mass is 32.2. The Morgan fingerprint density at radius 3 is 2.39 bits per heavy atom. The number of benzene rings is 1. The summed E-state index contributed by atoms with van der Waals surface area (Å²) in [5.41, 5.74) is -1.46. The highest BCUT2D eigenvalue weighted by Gasteiger charge is 2.34. The van der Waals surface area contributed by atoms with Crippen molar-refractivity contribution in [3.05, 3.63) is 42.0 Å². The molecule has 0 fully saturated rings. The number of carbonyl (C=O) groups excluding carboxylic acids is 2. The Bertz CT molecular complexity index is 504. The monoisotopic (exact) mass is 264 g/mol. The normalized spacial score (nSPS) is 13.8. The third-order valence-corrected chi connectivity index (χ3v) is 3.69. The maximum absolute atomic E-state index is 12.3. The van der Waals surface area contributed by atoms with Crippen molar-refractivity contribution in [3.63, 3.8) is 0 Å². The maximum atomic E-state index is 12.3. The van der Waals surface area contributed by atoms with Crippen LogP contribution < -0.4 is 0 Å². The van der Waals surface area contributed by atoms with Crippen molar-refractivity contribution < 1.29 is 14.7 Å². The first-order valence-electron chi connectivity index (χ1n) is 5.43. The molecule has 0 bridgehead atoms. The number of hydrogen-bond acceptors (Lipinski definition) is 4. The predicted molar refractivity (Wildman–Crippen MR) is 73.0 cm³/mol. The van der Waals surface area contributed by atoms with Crippen LogP contribution >= 0.6 is 11.8 Å². The Balaban J connectivity index is 3.16. The molecule has 4 heteroatoms. The molecule has 0 saturated carbocycles. The Morgan fingerprint density at radius 1 is 1.33 bits per heavy atom. The summed E-state index contributed by atoms with van der Waals surface area (Å²) < 4.78 is 0. The lowest BCUT2D eigenvalue weighted by Crippen LogP contribution is -2.38. The SMILES string of the molecule is C=C(C(=O)c1ccccc1SC)C(C)(O)C(C)=O. The van der Waals surface area contributed by atoms with Gasteiger partial charge in [-0.05, 0) is 32.2 Å². The highest BCUT2D eigenvalue weighted by molar-refractivity contribution is 7.98. The summed E-state index contributed by atoms with van der Waals surface area (Å²) in [5.74, 6) is -0.900. The molecule has 1 aromatic carbocycles. The van der Waals surface area contributed by atoms with Crippen molar-refractivity contribution in [3.8, 4) is 0 Å². The van der Waals surface area contributed by atoms with E-state index in [0.29, 0.717) is 5.56 Å². The van der Waals surface area contributed by atoms with Gasteiger partial charge in [-0.25, -0.2) is 0 Å². The van der Waals surface area contributed by atoms with Crippen LogP contribution in [0.5, 0.6) is 0 Å². The van der Waals surface area contributed by atoms with Crippen LogP contribution in [0.1, 0.15) is 24.2 Å². The number of carbonyl (C=O) groups is 2. The summed E-state index contributed by atoms with van der Waals surface area (Å²) in [6.07, 6.45) is 1.86. The zero-order chi connectivity index (χ0) is 13.9. The molecule has 0 heterocycles. The topological polar surface area (TPSA) is 54.4 Å². The number of ketones is 2. The second kappa shape index (κ2) is 5.50. The summed E-state index contributed by atoms with van der Waals surface area (Å²) in [6, 6.07) is 7.04. The zero-order valence-electron chi connectivity index (χ0n) is 10.7. The molecular weight excluding hydrogens is 248 g/mol. The van der Waals surface area contributed by atoms with Crippen molar-refractivity contribution in [1.82, 2.24) is 0 Å². The maximum Gasteiger partial charge on any atom is 0.192 e. The van der Waals surface area contributed by atoms with Crippen molar-refractivity contribution in [2.45, 2.75) is 24.3 Å². The highest BCUT2D eigenvalue weighted by Crippen LogP contribution is 2.26. The smallest absolute Gasteiger partial charge is 0.192 e. The molecule has 1 aromatic rings. The van der Waals surface area contributed by atoms with Crippen molar-refractivity contribution in [1.29, 1.82) is 0 Å². The average Bonchev–Trinajstić information content (AvgIpc) is 2.36. The molecule has 0 amide bonds. The van der Waals surface area contributed by atoms with Gasteiger partial charge in [0.05, 0.1) is 0 Å². The first kappa shape index (κ1) is 14.7. The zero-order valence-corrected chi connectivity index (χ0v) is 11.5. The molecule has 1 N–H and O–H groups in total. The number of thioether (sulfide) groups is 1. The molecule has 0 radical (unpaired) electrons. The molecule has 0 aliphatic carbocycles. The van der Waals surface area contributed by atoms with E-state index in [4.69, 9.17) is 0 Å². The van der Waals surface area contributed by atoms with Gasteiger partial charge in [-0.3, -0.25) is 9.59 Å². The van der Waals surface area contributed by atoms with Crippen LogP contribution in [0.25, 0.3) is 0 Å². The van der Waals surface area contributed by atoms with E-state index >= 15 is 0 Å². The van der Waals surface area contributed by atoms with Crippen LogP contribution in [0.2, 0.25) is 0 Å². The molecule has 1 atom stereocenters. The average molecular weight is 264 g/mol. The van der Waals surface area contributed by atoms with Gasteiger partial charge in [-0.1, -0.05) is 18.7 Å². The Morgan fingerprint density at radius 2 is 1.89 bits per heavy atom. The fraction of sp³-hybridized carbons (Fsp3) is 0.286. The molecule has 0 aliphatic rings. The lowest BCUT2D eigenvalue weighted by molar-refractivity contribution is -0.129. The third kappa shape index (κ3) is 2.71. The molecule has 0 aliphatic heterocycles. The third-order valence-electron chi connectivity index (χ3n) is 2.90. The van der Waals surface area contributed by atoms with Crippen LogP contribution in [0.3, 0.4) is 0 Å². The van der Waals surface area contributed by atoms with E-state index in [1.807, 2.05) is 18.4 Å². The molecule has 0 saturated heterocycles. The second-order valence-corrected chi connectivity index (χ2v) is 4.98. The Labute approximate surface area is 111 Å². The second-order valence-electron chi connectivity index (χ2n) is 4.14. The first-order chi connectivity index (χ1) is 8.32. The number of aliphatic hydroxyl groups is 1. The van der Waals surface area contributed by atoms with Gasteiger partial charge in [-0.15, -0.1) is 11.8 Å². The van der Waals surface area contributed by atoms with E-state index in [1.165, 1.54) is 25.6 Å². The predicted octanol–water partition coefficient (Wildman–Crippen LogP) is 2.49. The molecule has 0 spiro atoms. The minimum atomic E-state index is -1.82. The van der Waals surface area contributed by atoms with Gasteiger partial charge in [0.2, 0.25) is 0 Å². The van der Waals surface area contributed by atoms with E-state index in [0.717, 1.165) is 4.90 Å². The summed E-state index contributed by atoms with van der Waals surface area (Å²) in [7, 11) is 0. The standard InChI is InChI=1S/C14H16O3S/c1-9(14(3,17)10(2)15)13(16)11-7-5-6-8-12(11)18-4/h5-8,17H,1H2,2-4H3. The van der Waals surface area contributed by atoms with Crippen molar-refractivity contribution >= 4 is 23.3 Å². The fourth-order valence-corrected chi connectivity index (χ4v) is 2.02. The van der Waals surface area contributed by atoms with Gasteiger partial charge in [0.15, 0.2) is 11.6 Å². The fourth-order valence-electron chi connectivity index (χ4n) is 1.43. The number of rotatable bonds is 5. The van der Waals surface area contributed by atoms with E-state index in [2.05, 4.69) is 6.58 Å². The molecule has 0 aromatic heterocycles. The molecule has 18 heavy (non-hydrogen) atoms. The van der Waals surface area contributed by atoms with E-state index < -0.39 is 17.2 Å². The lowest BCUT2D eigenvalue weighted by Gasteiger charge is -2.22. The van der Waals surface area contributed by atoms with Crippen LogP contribution in [0.4, 0.5) is 0 Å². The van der Waals surface area contributed by atoms with Gasteiger partial charge < -0.3 is 5.11 Å². The van der Waals surface area contributed by atoms with Crippen LogP contribution in [0, 0.1) is 0 Å². The first-order valence-corrected chi connectivity index (χ1v) is 6.65. The molecular formula is C14H16O3S. The van der Waals surface area contributed by atoms with Gasteiger partial charge >= 0.3 is 0 Å². The summed E-state index contributed by atoms with van der Waals surface area (Å²) in [6.45, 7) is 6.09. The largest absolute Gasteiger partial charge is 0.377 e. The van der Waals surface area contributed by atoms with Gasteiger partial charge in [0.1, 0.15) is 5.60 Å². The van der Waals surface area contributed by atoms with Gasteiger partial charge in [0.25, 0.3) is 0 Å². The van der Waals surface area contributed by atoms with Crippen molar-refractivity contribution in [2.75, 3.05) is 6.26 Å². The molecule has 1 rings (SSSR count). The lowest BCUT2D eigenvalue weighted by atomic mass is 9.87. The van der Waals surface area contributed by atoms with Gasteiger partial charge in [-0.2, -0.15) is 0 Å². The summed E-state index contributed by atoms with van der Waals surface area (Å²) >= 11 is 1.43. The summed E-state index contributed by atoms with van der Waals surface area (Å²) in [4.78, 5) is 24.4. The van der Waals surface area contributed by atoms with Crippen LogP contribution in [0.15, 0.2) is 41.3 Å². The molecule has 3 nitrogen and oxygen atoms in total. The van der Waals surface area contributed by atoms with Crippen molar-refractivity contribution in [2.24, 2.45) is 0 Å². The molecule has 1 unspecified atom stereocenters. The quantitative estimate of drug-likeness (QED) is 0.504. The van der Waals surface area contributed by atoms with Crippen LogP contribution in [-0.2, 0) is 4.79 Å². The van der Waals surface area contributed by atoms with Crippen LogP contribution in [-0.4, -0.2) is 28.5 Å². The number of hydrogen-bond donors (Lipinski definition) is 1. The van der Waals surface area contributed by atoms with E-state index in [-0.39, 0.29) is 5.57 Å². The number of Topliss-reactive ketones (excluding diaryl/α,β-unsaturated/α-hetero) is 2. The Hall–Kier alpha value is -1.39. The minimum Gasteiger partial charge on any atom is -0.377 e. The summed E-state index contributed by atoms with van der Waals surface area (Å²) in [5, 5.41) is 9.98.